The fourth-order valence-corrected chi connectivity index (χ4v) is 6.34. The second-order valence-corrected chi connectivity index (χ2v) is 15.9. The van der Waals surface area contributed by atoms with Crippen LogP contribution in [-0.2, 0) is 46.4 Å². The van der Waals surface area contributed by atoms with Crippen molar-refractivity contribution >= 4 is 65.8 Å². The number of nitrogens with one attached hydrogen (secondary N) is 7. The second kappa shape index (κ2) is 24.8. The molecule has 0 unspecified atom stereocenters. The summed E-state index contributed by atoms with van der Waals surface area (Å²) in [6.45, 7) is 8.46. The number of imidazole rings is 1. The first-order chi connectivity index (χ1) is 27.4. The van der Waals surface area contributed by atoms with E-state index >= 15 is 0 Å². The Kier molecular flexibility index (Phi) is 21.1. The van der Waals surface area contributed by atoms with E-state index in [-0.39, 0.29) is 36.7 Å². The lowest BCUT2D eigenvalue weighted by Gasteiger charge is -2.28. The third kappa shape index (κ3) is 16.6. The Bertz CT molecular complexity index is 1660. The van der Waals surface area contributed by atoms with Gasteiger partial charge in [-0.15, -0.1) is 0 Å². The Balaban J connectivity index is 2.37. The van der Waals surface area contributed by atoms with E-state index in [2.05, 4.69) is 54.5 Å². The van der Waals surface area contributed by atoms with Gasteiger partial charge in [0.2, 0.25) is 35.4 Å². The number of carbonyl (C=O) groups is 7. The molecule has 2 rings (SSSR count). The maximum absolute atomic E-state index is 14.1. The topological polar surface area (TPSA) is 287 Å². The molecule has 8 atom stereocenters. The van der Waals surface area contributed by atoms with E-state index in [0.717, 1.165) is 0 Å². The number of rotatable bonds is 25. The van der Waals surface area contributed by atoms with E-state index in [0.29, 0.717) is 29.9 Å². The lowest BCUT2D eigenvalue weighted by atomic mass is 9.97. The molecular weight excluding hydrogens is 791 g/mol. The van der Waals surface area contributed by atoms with E-state index < -0.39 is 89.6 Å². The normalized spacial score (nSPS) is 15.3. The van der Waals surface area contributed by atoms with Crippen LogP contribution in [0.3, 0.4) is 0 Å². The van der Waals surface area contributed by atoms with Crippen LogP contribution < -0.4 is 37.6 Å². The number of aliphatic carboxylic acids is 1. The smallest absolute Gasteiger partial charge is 0.325 e. The van der Waals surface area contributed by atoms with E-state index in [1.54, 1.807) is 26.0 Å². The maximum atomic E-state index is 14.1. The number of aromatic amines is 1. The van der Waals surface area contributed by atoms with Gasteiger partial charge in [-0.1, -0.05) is 46.2 Å². The predicted octanol–water partition coefficient (Wildman–Crippen LogP) is 0.0162. The van der Waals surface area contributed by atoms with Crippen molar-refractivity contribution in [1.82, 2.24) is 41.9 Å². The standard InChI is InChI=1S/C38H59N9O9S2/c1-7-21(4)31(37(54)42-22(5)38(55)56)47-36(53)30(18-57)46-34(51)28(15-23-8-10-25(48)11-9-23)45-33(50)27(14-20(2)3)44-35(52)29(16-24-17-40-19-41-24)43-32(49)26(39)12-13-58-6/h8-11,17,19-22,26-31,48,57H,7,12-16,18,39H2,1-6H3,(H,40,41)(H,42,54)(H,43,49)(H,44,52)(H,45,50)(H,46,51)(H,47,53)(H,55,56)/t21-,22-,26-,27-,28-,29-,30-,31-/m0/s1. The minimum atomic E-state index is -1.32. The van der Waals surface area contributed by atoms with E-state index in [1.165, 1.54) is 43.3 Å². The molecule has 0 aliphatic carbocycles. The highest BCUT2D eigenvalue weighted by atomic mass is 32.2. The summed E-state index contributed by atoms with van der Waals surface area (Å²) in [7, 11) is 0. The zero-order valence-electron chi connectivity index (χ0n) is 33.7. The zero-order chi connectivity index (χ0) is 43.5. The number of aromatic hydroxyl groups is 1. The molecule has 20 heteroatoms. The number of hydrogen-bond donors (Lipinski definition) is 11. The number of nitrogens with two attached hydrogens (primary N) is 1. The first-order valence-electron chi connectivity index (χ1n) is 19.1. The third-order valence-corrected chi connectivity index (χ3v) is 10.3. The first-order valence-corrected chi connectivity index (χ1v) is 21.1. The molecule has 18 nitrogen and oxygen atoms in total. The number of H-pyrrole nitrogens is 1. The summed E-state index contributed by atoms with van der Waals surface area (Å²) < 4.78 is 0. The number of nitrogens with zero attached hydrogens (tertiary/aromatic N) is 1. The quantitative estimate of drug-likeness (QED) is 0.0590. The van der Waals surface area contributed by atoms with Gasteiger partial charge < -0.3 is 52.8 Å². The van der Waals surface area contributed by atoms with Gasteiger partial charge in [0, 0.05) is 30.5 Å². The molecule has 322 valence electrons. The van der Waals surface area contributed by atoms with Gasteiger partial charge in [0.15, 0.2) is 0 Å². The summed E-state index contributed by atoms with van der Waals surface area (Å²) in [5, 5.41) is 34.8. The molecule has 0 saturated carbocycles. The summed E-state index contributed by atoms with van der Waals surface area (Å²) in [5.74, 6) is -5.64. The van der Waals surface area contributed by atoms with Gasteiger partial charge in [-0.05, 0) is 61.3 Å². The molecule has 0 bridgehead atoms. The molecule has 1 heterocycles. The molecule has 0 fully saturated rings. The van der Waals surface area contributed by atoms with Crippen molar-refractivity contribution in [2.45, 2.75) is 109 Å². The number of hydrogen-bond acceptors (Lipinski definition) is 12. The number of phenols is 1. The number of aromatic nitrogens is 2. The number of carboxylic acid groups (broad SMARTS) is 1. The molecule has 0 saturated heterocycles. The second-order valence-electron chi connectivity index (χ2n) is 14.5. The average molecular weight is 850 g/mol. The van der Waals surface area contributed by atoms with Crippen LogP contribution >= 0.6 is 24.4 Å². The van der Waals surface area contributed by atoms with Crippen molar-refractivity contribution in [3.05, 3.63) is 48.0 Å². The number of benzene rings is 1. The zero-order valence-corrected chi connectivity index (χ0v) is 35.5. The van der Waals surface area contributed by atoms with Gasteiger partial charge in [0.1, 0.15) is 42.0 Å². The summed E-state index contributed by atoms with van der Waals surface area (Å²) in [6, 6.07) is -2.26. The third-order valence-electron chi connectivity index (χ3n) is 9.27. The predicted molar refractivity (Wildman–Crippen MR) is 223 cm³/mol. The Morgan fingerprint density at radius 3 is 1.88 bits per heavy atom. The van der Waals surface area contributed by atoms with E-state index in [9.17, 15) is 43.8 Å². The number of carbonyl (C=O) groups excluding carboxylic acids is 6. The SMILES string of the molecule is CC[C@H](C)[C@H](NC(=O)[C@H](CS)NC(=O)[C@H](Cc1ccc(O)cc1)NC(=O)[C@H](CC(C)C)NC(=O)[C@H](Cc1cnc[nH]1)NC(=O)[C@@H](N)CCSC)C(=O)N[C@@H](C)C(=O)O. The molecule has 0 radical (unpaired) electrons. The number of carboxylic acids is 1. The molecule has 0 aliphatic heterocycles. The Morgan fingerprint density at radius 1 is 0.793 bits per heavy atom. The van der Waals surface area contributed by atoms with Gasteiger partial charge >= 0.3 is 5.97 Å². The van der Waals surface area contributed by atoms with Gasteiger partial charge in [-0.25, -0.2) is 4.98 Å². The van der Waals surface area contributed by atoms with Crippen LogP contribution in [0.5, 0.6) is 5.75 Å². The highest BCUT2D eigenvalue weighted by Crippen LogP contribution is 2.14. The molecule has 0 spiro atoms. The Morgan fingerprint density at radius 2 is 1.34 bits per heavy atom. The highest BCUT2D eigenvalue weighted by Gasteiger charge is 2.34. The van der Waals surface area contributed by atoms with Crippen molar-refractivity contribution in [2.24, 2.45) is 17.6 Å². The molecule has 6 amide bonds. The van der Waals surface area contributed by atoms with Crippen molar-refractivity contribution in [1.29, 1.82) is 0 Å². The van der Waals surface area contributed by atoms with E-state index in [4.69, 9.17) is 5.73 Å². The summed E-state index contributed by atoms with van der Waals surface area (Å²) in [4.78, 5) is 99.7. The summed E-state index contributed by atoms with van der Waals surface area (Å²) in [5.41, 5.74) is 7.16. The molecular formula is C38H59N9O9S2. The van der Waals surface area contributed by atoms with Gasteiger partial charge in [-0.3, -0.25) is 33.6 Å². The van der Waals surface area contributed by atoms with Crippen molar-refractivity contribution < 1.29 is 43.8 Å². The van der Waals surface area contributed by atoms with Crippen LogP contribution in [0.25, 0.3) is 0 Å². The van der Waals surface area contributed by atoms with Gasteiger partial charge in [-0.2, -0.15) is 24.4 Å². The number of phenolic OH excluding ortho intramolecular Hbond substituents is 1. The molecule has 1 aromatic heterocycles. The molecule has 2 aromatic rings. The van der Waals surface area contributed by atoms with Gasteiger partial charge in [0.05, 0.1) is 12.4 Å². The fourth-order valence-electron chi connectivity index (χ4n) is 5.59. The average Bonchev–Trinajstić information content (AvgIpc) is 3.70. The monoisotopic (exact) mass is 849 g/mol. The molecule has 1 aromatic carbocycles. The number of thiol groups is 1. The van der Waals surface area contributed by atoms with Crippen LogP contribution in [0.1, 0.15) is 65.1 Å². The minimum Gasteiger partial charge on any atom is -0.508 e. The Labute approximate surface area is 348 Å². The van der Waals surface area contributed by atoms with Crippen LogP contribution in [0.15, 0.2) is 36.8 Å². The minimum absolute atomic E-state index is 0.0139. The lowest BCUT2D eigenvalue weighted by molar-refractivity contribution is -0.142. The van der Waals surface area contributed by atoms with Crippen LogP contribution in [-0.4, -0.2) is 122 Å². The molecule has 0 aliphatic rings. The van der Waals surface area contributed by atoms with Crippen LogP contribution in [0.2, 0.25) is 0 Å². The number of amides is 6. The lowest BCUT2D eigenvalue weighted by Crippen LogP contribution is -2.61. The van der Waals surface area contributed by atoms with Crippen molar-refractivity contribution in [3.8, 4) is 5.75 Å². The fraction of sp³-hybridized carbons (Fsp3) is 0.579. The van der Waals surface area contributed by atoms with Crippen molar-refractivity contribution in [2.75, 3.05) is 17.8 Å². The van der Waals surface area contributed by atoms with Gasteiger partial charge in [0.25, 0.3) is 0 Å². The molecule has 11 N–H and O–H groups in total. The van der Waals surface area contributed by atoms with Crippen LogP contribution in [0.4, 0.5) is 0 Å². The van der Waals surface area contributed by atoms with Crippen LogP contribution in [0, 0.1) is 11.8 Å². The summed E-state index contributed by atoms with van der Waals surface area (Å²) >= 11 is 5.78. The number of thioether (sulfide) groups is 1. The maximum Gasteiger partial charge on any atom is 0.325 e. The Hall–Kier alpha value is -4.82. The first kappa shape index (κ1) is 49.3. The largest absolute Gasteiger partial charge is 0.508 e. The van der Waals surface area contributed by atoms with E-state index in [1.807, 2.05) is 20.1 Å². The van der Waals surface area contributed by atoms with Crippen molar-refractivity contribution in [3.63, 3.8) is 0 Å². The molecule has 58 heavy (non-hydrogen) atoms. The highest BCUT2D eigenvalue weighted by molar-refractivity contribution is 7.98. The summed E-state index contributed by atoms with van der Waals surface area (Å²) in [6.07, 6.45) is 5.70.